The Hall–Kier alpha value is -1.54. The molecule has 1 aromatic carbocycles. The Balaban J connectivity index is 3.19. The van der Waals surface area contributed by atoms with Gasteiger partial charge in [-0.3, -0.25) is 4.79 Å². The predicted octanol–water partition coefficient (Wildman–Crippen LogP) is 1.65. The van der Waals surface area contributed by atoms with Crippen molar-refractivity contribution >= 4 is 21.9 Å². The normalized spacial score (nSPS) is 9.43. The molecule has 14 heavy (non-hydrogen) atoms. The van der Waals surface area contributed by atoms with E-state index in [2.05, 4.69) is 15.9 Å². The predicted molar refractivity (Wildman–Crippen MR) is 51.9 cm³/mol. The number of carboxylic acids is 1. The van der Waals surface area contributed by atoms with Gasteiger partial charge in [0, 0.05) is 10.0 Å². The maximum Gasteiger partial charge on any atom is 0.308 e. The van der Waals surface area contributed by atoms with Crippen molar-refractivity contribution in [3.63, 3.8) is 0 Å². The van der Waals surface area contributed by atoms with Crippen LogP contribution in [0.15, 0.2) is 16.6 Å². The first kappa shape index (κ1) is 10.5. The molecule has 0 saturated carbocycles. The minimum Gasteiger partial charge on any atom is -0.508 e. The van der Waals surface area contributed by atoms with Gasteiger partial charge in [-0.15, -0.1) is 0 Å². The third-order valence-electron chi connectivity index (χ3n) is 1.63. The zero-order chi connectivity index (χ0) is 10.7. The summed E-state index contributed by atoms with van der Waals surface area (Å²) in [7, 11) is 0. The van der Waals surface area contributed by atoms with Gasteiger partial charge in [0.2, 0.25) is 0 Å². The standard InChI is InChI=1S/C9H6BrNO3/c10-7-1-5(4-11)2-8(12)6(7)3-9(13)14/h1-2,12H,3H2,(H,13,14). The number of aliphatic carboxylic acids is 1. The van der Waals surface area contributed by atoms with Gasteiger partial charge in [-0.05, 0) is 12.1 Å². The molecule has 72 valence electrons. The molecule has 0 radical (unpaired) electrons. The first-order valence-electron chi connectivity index (χ1n) is 3.68. The number of carbonyl (C=O) groups is 1. The van der Waals surface area contributed by atoms with Gasteiger partial charge in [0.05, 0.1) is 18.1 Å². The van der Waals surface area contributed by atoms with Crippen molar-refractivity contribution in [2.45, 2.75) is 6.42 Å². The molecule has 0 atom stereocenters. The van der Waals surface area contributed by atoms with E-state index >= 15 is 0 Å². The summed E-state index contributed by atoms with van der Waals surface area (Å²) in [5.74, 6) is -1.22. The summed E-state index contributed by atoms with van der Waals surface area (Å²) in [6.07, 6.45) is -0.280. The van der Waals surface area contributed by atoms with E-state index in [0.29, 0.717) is 4.47 Å². The second-order valence-electron chi connectivity index (χ2n) is 2.64. The molecule has 5 heteroatoms. The molecular weight excluding hydrogens is 250 g/mol. The van der Waals surface area contributed by atoms with E-state index < -0.39 is 5.97 Å². The van der Waals surface area contributed by atoms with Crippen molar-refractivity contribution in [1.82, 2.24) is 0 Å². The van der Waals surface area contributed by atoms with Gasteiger partial charge in [-0.1, -0.05) is 15.9 Å². The second-order valence-corrected chi connectivity index (χ2v) is 3.49. The highest BCUT2D eigenvalue weighted by Crippen LogP contribution is 2.28. The number of nitriles is 1. The van der Waals surface area contributed by atoms with Crippen molar-refractivity contribution in [1.29, 1.82) is 5.26 Å². The zero-order valence-corrected chi connectivity index (χ0v) is 8.58. The van der Waals surface area contributed by atoms with E-state index in [1.165, 1.54) is 12.1 Å². The summed E-state index contributed by atoms with van der Waals surface area (Å²) in [4.78, 5) is 10.4. The molecule has 0 spiro atoms. The number of phenols is 1. The Morgan fingerprint density at radius 3 is 2.64 bits per heavy atom. The van der Waals surface area contributed by atoms with Crippen molar-refractivity contribution in [3.05, 3.63) is 27.7 Å². The molecule has 4 nitrogen and oxygen atoms in total. The molecule has 0 saturated heterocycles. The van der Waals surface area contributed by atoms with Crippen LogP contribution in [0.1, 0.15) is 11.1 Å². The fourth-order valence-corrected chi connectivity index (χ4v) is 1.60. The van der Waals surface area contributed by atoms with E-state index in [9.17, 15) is 9.90 Å². The first-order chi connectivity index (χ1) is 6.54. The van der Waals surface area contributed by atoms with Crippen LogP contribution in [0.3, 0.4) is 0 Å². The Morgan fingerprint density at radius 2 is 2.21 bits per heavy atom. The highest BCUT2D eigenvalue weighted by atomic mass is 79.9. The monoisotopic (exact) mass is 255 g/mol. The first-order valence-corrected chi connectivity index (χ1v) is 4.47. The number of rotatable bonds is 2. The van der Waals surface area contributed by atoms with Crippen LogP contribution in [0.4, 0.5) is 0 Å². The van der Waals surface area contributed by atoms with Crippen LogP contribution in [-0.2, 0) is 11.2 Å². The molecule has 1 rings (SSSR count). The third-order valence-corrected chi connectivity index (χ3v) is 2.34. The SMILES string of the molecule is N#Cc1cc(O)c(CC(=O)O)c(Br)c1. The number of hydrogen-bond donors (Lipinski definition) is 2. The quantitative estimate of drug-likeness (QED) is 0.842. The van der Waals surface area contributed by atoms with Crippen LogP contribution in [0.5, 0.6) is 5.75 Å². The molecule has 0 aliphatic carbocycles. The van der Waals surface area contributed by atoms with Crippen LogP contribution in [0.25, 0.3) is 0 Å². The third kappa shape index (κ3) is 2.24. The molecule has 0 aliphatic heterocycles. The van der Waals surface area contributed by atoms with Gasteiger partial charge in [-0.25, -0.2) is 0 Å². The van der Waals surface area contributed by atoms with Gasteiger partial charge in [-0.2, -0.15) is 5.26 Å². The molecule has 2 N–H and O–H groups in total. The number of halogens is 1. The topological polar surface area (TPSA) is 81.3 Å². The van der Waals surface area contributed by atoms with Gasteiger partial charge in [0.25, 0.3) is 0 Å². The molecular formula is C9H6BrNO3. The maximum atomic E-state index is 10.4. The lowest BCUT2D eigenvalue weighted by Gasteiger charge is -2.04. The smallest absolute Gasteiger partial charge is 0.308 e. The highest BCUT2D eigenvalue weighted by molar-refractivity contribution is 9.10. The van der Waals surface area contributed by atoms with E-state index in [4.69, 9.17) is 10.4 Å². The van der Waals surface area contributed by atoms with E-state index in [-0.39, 0.29) is 23.3 Å². The summed E-state index contributed by atoms with van der Waals surface area (Å²) in [6, 6.07) is 4.56. The van der Waals surface area contributed by atoms with E-state index in [1.54, 1.807) is 0 Å². The van der Waals surface area contributed by atoms with Gasteiger partial charge in [0.1, 0.15) is 5.75 Å². The number of hydrogen-bond acceptors (Lipinski definition) is 3. The molecule has 1 aromatic rings. The highest BCUT2D eigenvalue weighted by Gasteiger charge is 2.11. The van der Waals surface area contributed by atoms with Crippen LogP contribution in [-0.4, -0.2) is 16.2 Å². The van der Waals surface area contributed by atoms with Gasteiger partial charge in [0.15, 0.2) is 0 Å². The van der Waals surface area contributed by atoms with Crippen molar-refractivity contribution < 1.29 is 15.0 Å². The van der Waals surface area contributed by atoms with Crippen LogP contribution in [0, 0.1) is 11.3 Å². The summed E-state index contributed by atoms with van der Waals surface area (Å²) in [6.45, 7) is 0. The number of nitrogens with zero attached hydrogens (tertiary/aromatic N) is 1. The lowest BCUT2D eigenvalue weighted by molar-refractivity contribution is -0.136. The largest absolute Gasteiger partial charge is 0.508 e. The fraction of sp³-hybridized carbons (Fsp3) is 0.111. The van der Waals surface area contributed by atoms with E-state index in [1.807, 2.05) is 6.07 Å². The molecule has 0 fully saturated rings. The fourth-order valence-electron chi connectivity index (χ4n) is 1.01. The molecule has 0 heterocycles. The Kier molecular flexibility index (Phi) is 3.10. The second kappa shape index (κ2) is 4.11. The number of phenolic OH excluding ortho intramolecular Hbond substituents is 1. The number of aromatic hydroxyl groups is 1. The summed E-state index contributed by atoms with van der Waals surface area (Å²) >= 11 is 3.09. The molecule has 0 amide bonds. The molecule has 0 bridgehead atoms. The molecule has 0 aromatic heterocycles. The average molecular weight is 256 g/mol. The van der Waals surface area contributed by atoms with Crippen LogP contribution in [0.2, 0.25) is 0 Å². The van der Waals surface area contributed by atoms with Gasteiger partial charge < -0.3 is 10.2 Å². The van der Waals surface area contributed by atoms with E-state index in [0.717, 1.165) is 0 Å². The molecule has 0 unspecified atom stereocenters. The van der Waals surface area contributed by atoms with Crippen LogP contribution < -0.4 is 0 Å². The van der Waals surface area contributed by atoms with Crippen molar-refractivity contribution in [2.75, 3.05) is 0 Å². The Morgan fingerprint density at radius 1 is 1.57 bits per heavy atom. The maximum absolute atomic E-state index is 10.4. The Bertz CT molecular complexity index is 400. The minimum absolute atomic E-state index is 0.182. The number of carboxylic acid groups (broad SMARTS) is 1. The minimum atomic E-state index is -1.04. The summed E-state index contributed by atoms with van der Waals surface area (Å²) in [5.41, 5.74) is 0.556. The van der Waals surface area contributed by atoms with Crippen molar-refractivity contribution in [3.8, 4) is 11.8 Å². The Labute approximate surface area is 88.5 Å². The van der Waals surface area contributed by atoms with Gasteiger partial charge >= 0.3 is 5.97 Å². The summed E-state index contributed by atoms with van der Waals surface area (Å²) < 4.78 is 0.427. The average Bonchev–Trinajstić information content (AvgIpc) is 2.10. The zero-order valence-electron chi connectivity index (χ0n) is 6.99. The van der Waals surface area contributed by atoms with Crippen LogP contribution >= 0.6 is 15.9 Å². The lowest BCUT2D eigenvalue weighted by Crippen LogP contribution is -2.01. The number of benzene rings is 1. The summed E-state index contributed by atoms with van der Waals surface area (Å²) in [5, 5.41) is 26.5. The molecule has 0 aliphatic rings. The van der Waals surface area contributed by atoms with Crippen molar-refractivity contribution in [2.24, 2.45) is 0 Å². The lowest BCUT2D eigenvalue weighted by atomic mass is 10.1.